The van der Waals surface area contributed by atoms with Crippen LogP contribution in [0.15, 0.2) is 0 Å². The third kappa shape index (κ3) is 0.863. The molecule has 2 aliphatic carbocycles. The lowest BCUT2D eigenvalue weighted by molar-refractivity contribution is -0.124. The van der Waals surface area contributed by atoms with Crippen LogP contribution in [0.5, 0.6) is 0 Å². The van der Waals surface area contributed by atoms with Crippen molar-refractivity contribution in [2.45, 2.75) is 33.6 Å². The van der Waals surface area contributed by atoms with Crippen LogP contribution in [0, 0.1) is 23.2 Å². The molecule has 1 heteroatoms. The standard InChI is InChI=1S/C10H16O/c1-6-4-7-8(5-9(6)11)10(7,2)3/h6-8H,4-5H2,1-3H3/t6?,7-,8+/m0/s1. The van der Waals surface area contributed by atoms with E-state index in [1.165, 1.54) is 0 Å². The van der Waals surface area contributed by atoms with Gasteiger partial charge in [-0.2, -0.15) is 0 Å². The largest absolute Gasteiger partial charge is 0.299 e. The van der Waals surface area contributed by atoms with E-state index in [4.69, 9.17) is 0 Å². The highest BCUT2D eigenvalue weighted by Crippen LogP contribution is 2.64. The molecule has 0 amide bonds. The first-order valence-corrected chi connectivity index (χ1v) is 4.56. The lowest BCUT2D eigenvalue weighted by Crippen LogP contribution is -2.17. The number of carbonyl (C=O) groups excluding carboxylic acids is 1. The molecule has 0 aliphatic heterocycles. The molecule has 62 valence electrons. The summed E-state index contributed by atoms with van der Waals surface area (Å²) in [5.41, 5.74) is 0.487. The van der Waals surface area contributed by atoms with Crippen molar-refractivity contribution in [3.63, 3.8) is 0 Å². The maximum Gasteiger partial charge on any atom is 0.136 e. The Morgan fingerprint density at radius 2 is 2.00 bits per heavy atom. The Morgan fingerprint density at radius 3 is 2.55 bits per heavy atom. The average molecular weight is 152 g/mol. The van der Waals surface area contributed by atoms with Gasteiger partial charge in [0.2, 0.25) is 0 Å². The highest BCUT2D eigenvalue weighted by Gasteiger charge is 2.60. The molecule has 11 heavy (non-hydrogen) atoms. The molecule has 0 heterocycles. The number of hydrogen-bond donors (Lipinski definition) is 0. The van der Waals surface area contributed by atoms with E-state index < -0.39 is 0 Å². The van der Waals surface area contributed by atoms with Crippen molar-refractivity contribution >= 4 is 5.78 Å². The molecule has 2 fully saturated rings. The fourth-order valence-electron chi connectivity index (χ4n) is 2.66. The molecule has 0 aromatic heterocycles. The molecular weight excluding hydrogens is 136 g/mol. The second-order valence-electron chi connectivity index (χ2n) is 4.84. The van der Waals surface area contributed by atoms with Crippen LogP contribution in [-0.2, 0) is 4.79 Å². The van der Waals surface area contributed by atoms with Crippen molar-refractivity contribution in [2.24, 2.45) is 23.2 Å². The Morgan fingerprint density at radius 1 is 1.36 bits per heavy atom. The van der Waals surface area contributed by atoms with E-state index in [9.17, 15) is 4.79 Å². The Labute approximate surface area is 68.2 Å². The smallest absolute Gasteiger partial charge is 0.136 e. The predicted molar refractivity (Wildman–Crippen MR) is 44.2 cm³/mol. The SMILES string of the molecule is CC1C[C@H]2[C@@H](CC1=O)C2(C)C. The van der Waals surface area contributed by atoms with Crippen LogP contribution in [0.4, 0.5) is 0 Å². The summed E-state index contributed by atoms with van der Waals surface area (Å²) in [4.78, 5) is 11.3. The van der Waals surface area contributed by atoms with Crippen LogP contribution >= 0.6 is 0 Å². The van der Waals surface area contributed by atoms with E-state index in [-0.39, 0.29) is 0 Å². The van der Waals surface area contributed by atoms with Gasteiger partial charge >= 0.3 is 0 Å². The Bertz CT molecular complexity index is 205. The van der Waals surface area contributed by atoms with Gasteiger partial charge in [-0.25, -0.2) is 0 Å². The monoisotopic (exact) mass is 152 g/mol. The first kappa shape index (κ1) is 7.33. The Balaban J connectivity index is 2.12. The van der Waals surface area contributed by atoms with Gasteiger partial charge in [-0.3, -0.25) is 4.79 Å². The van der Waals surface area contributed by atoms with Crippen LogP contribution < -0.4 is 0 Å². The molecule has 0 radical (unpaired) electrons. The fraction of sp³-hybridized carbons (Fsp3) is 0.900. The molecule has 2 saturated carbocycles. The zero-order chi connectivity index (χ0) is 8.22. The summed E-state index contributed by atoms with van der Waals surface area (Å²) < 4.78 is 0. The van der Waals surface area contributed by atoms with Gasteiger partial charge in [0.15, 0.2) is 0 Å². The van der Waals surface area contributed by atoms with Gasteiger partial charge in [0.25, 0.3) is 0 Å². The highest BCUT2D eigenvalue weighted by atomic mass is 16.1. The number of ketones is 1. The second kappa shape index (κ2) is 1.88. The molecular formula is C10H16O. The minimum absolute atomic E-state index is 0.345. The summed E-state index contributed by atoms with van der Waals surface area (Å²) in [6, 6.07) is 0. The summed E-state index contributed by atoms with van der Waals surface area (Å²) in [5.74, 6) is 2.43. The molecule has 1 unspecified atom stereocenters. The van der Waals surface area contributed by atoms with Crippen LogP contribution in [0.2, 0.25) is 0 Å². The first-order valence-electron chi connectivity index (χ1n) is 4.56. The maximum atomic E-state index is 11.3. The van der Waals surface area contributed by atoms with Gasteiger partial charge in [0.1, 0.15) is 5.78 Å². The molecule has 3 atom stereocenters. The minimum atomic E-state index is 0.345. The lowest BCUT2D eigenvalue weighted by Gasteiger charge is -2.14. The summed E-state index contributed by atoms with van der Waals surface area (Å²) in [5, 5.41) is 0. The zero-order valence-corrected chi connectivity index (χ0v) is 7.55. The van der Waals surface area contributed by atoms with E-state index in [0.717, 1.165) is 24.7 Å². The van der Waals surface area contributed by atoms with Crippen molar-refractivity contribution in [1.29, 1.82) is 0 Å². The summed E-state index contributed by atoms with van der Waals surface area (Å²) >= 11 is 0. The van der Waals surface area contributed by atoms with Gasteiger partial charge < -0.3 is 0 Å². The van der Waals surface area contributed by atoms with E-state index in [1.807, 2.05) is 0 Å². The number of Topliss-reactive ketones (excluding diaryl/α,β-unsaturated/α-hetero) is 1. The lowest BCUT2D eigenvalue weighted by atomic mass is 9.90. The third-order valence-electron chi connectivity index (χ3n) is 3.87. The number of hydrogen-bond acceptors (Lipinski definition) is 1. The number of rotatable bonds is 0. The van der Waals surface area contributed by atoms with E-state index in [2.05, 4.69) is 20.8 Å². The number of fused-ring (bicyclic) bond motifs is 1. The minimum Gasteiger partial charge on any atom is -0.299 e. The maximum absolute atomic E-state index is 11.3. The molecule has 0 saturated heterocycles. The van der Waals surface area contributed by atoms with Crippen molar-refractivity contribution in [2.75, 3.05) is 0 Å². The van der Waals surface area contributed by atoms with Gasteiger partial charge in [-0.05, 0) is 23.7 Å². The van der Waals surface area contributed by atoms with E-state index >= 15 is 0 Å². The van der Waals surface area contributed by atoms with Crippen LogP contribution in [-0.4, -0.2) is 5.78 Å². The molecule has 0 aromatic carbocycles. The van der Waals surface area contributed by atoms with Crippen molar-refractivity contribution < 1.29 is 4.79 Å². The van der Waals surface area contributed by atoms with Crippen LogP contribution in [0.1, 0.15) is 33.6 Å². The van der Waals surface area contributed by atoms with Gasteiger partial charge in [0, 0.05) is 12.3 Å². The van der Waals surface area contributed by atoms with Gasteiger partial charge in [-0.15, -0.1) is 0 Å². The predicted octanol–water partition coefficient (Wildman–Crippen LogP) is 2.26. The molecule has 0 aromatic rings. The number of carbonyl (C=O) groups is 1. The molecule has 0 spiro atoms. The van der Waals surface area contributed by atoms with E-state index in [1.54, 1.807) is 0 Å². The normalized spacial score (nSPS) is 46.8. The fourth-order valence-corrected chi connectivity index (χ4v) is 2.66. The van der Waals surface area contributed by atoms with Crippen LogP contribution in [0.25, 0.3) is 0 Å². The van der Waals surface area contributed by atoms with E-state index in [0.29, 0.717) is 17.1 Å². The third-order valence-corrected chi connectivity index (χ3v) is 3.87. The molecule has 1 nitrogen and oxygen atoms in total. The molecule has 2 aliphatic rings. The topological polar surface area (TPSA) is 17.1 Å². The highest BCUT2D eigenvalue weighted by molar-refractivity contribution is 5.82. The first-order chi connectivity index (χ1) is 5.03. The van der Waals surface area contributed by atoms with Crippen molar-refractivity contribution in [3.05, 3.63) is 0 Å². The summed E-state index contributed by atoms with van der Waals surface area (Å²) in [7, 11) is 0. The average Bonchev–Trinajstić information content (AvgIpc) is 2.39. The van der Waals surface area contributed by atoms with Crippen molar-refractivity contribution in [3.8, 4) is 0 Å². The second-order valence-corrected chi connectivity index (χ2v) is 4.84. The van der Waals surface area contributed by atoms with Crippen LogP contribution in [0.3, 0.4) is 0 Å². The van der Waals surface area contributed by atoms with Gasteiger partial charge in [0.05, 0.1) is 0 Å². The Kier molecular flexibility index (Phi) is 1.25. The quantitative estimate of drug-likeness (QED) is 0.520. The van der Waals surface area contributed by atoms with Gasteiger partial charge in [-0.1, -0.05) is 20.8 Å². The molecule has 2 rings (SSSR count). The zero-order valence-electron chi connectivity index (χ0n) is 7.55. The summed E-state index contributed by atoms with van der Waals surface area (Å²) in [6.07, 6.45) is 2.01. The Hall–Kier alpha value is -0.330. The summed E-state index contributed by atoms with van der Waals surface area (Å²) in [6.45, 7) is 6.67. The molecule has 0 bridgehead atoms. The van der Waals surface area contributed by atoms with Crippen molar-refractivity contribution in [1.82, 2.24) is 0 Å². The molecule has 0 N–H and O–H groups in total.